The summed E-state index contributed by atoms with van der Waals surface area (Å²) in [5, 5.41) is 3.67. The quantitative estimate of drug-likeness (QED) is 0.591. The molecule has 0 fully saturated rings. The molecule has 0 unspecified atom stereocenters. The van der Waals surface area contributed by atoms with E-state index in [-0.39, 0.29) is 0 Å². The predicted molar refractivity (Wildman–Crippen MR) is 65.8 cm³/mol. The van der Waals surface area contributed by atoms with Crippen molar-refractivity contribution in [2.75, 3.05) is 19.0 Å². The molecule has 1 rings (SSSR count). The fourth-order valence-electron chi connectivity index (χ4n) is 1.34. The minimum absolute atomic E-state index is 0.379. The summed E-state index contributed by atoms with van der Waals surface area (Å²) >= 11 is 5.88. The molecule has 1 heterocycles. The van der Waals surface area contributed by atoms with Crippen molar-refractivity contribution < 1.29 is 4.74 Å². The summed E-state index contributed by atoms with van der Waals surface area (Å²) in [6, 6.07) is 1.73. The van der Waals surface area contributed by atoms with Crippen LogP contribution in [0.2, 0.25) is 5.15 Å². The molecule has 0 saturated heterocycles. The van der Waals surface area contributed by atoms with Crippen molar-refractivity contribution in [1.82, 2.24) is 9.97 Å². The molecule has 0 aliphatic rings. The van der Waals surface area contributed by atoms with E-state index in [1.54, 1.807) is 13.2 Å². The van der Waals surface area contributed by atoms with Crippen molar-refractivity contribution in [3.8, 4) is 0 Å². The summed E-state index contributed by atoms with van der Waals surface area (Å²) in [4.78, 5) is 8.35. The van der Waals surface area contributed by atoms with Crippen LogP contribution in [0.5, 0.6) is 0 Å². The number of halogens is 1. The Morgan fingerprint density at radius 1 is 1.38 bits per heavy atom. The lowest BCUT2D eigenvalue weighted by atomic mass is 10.2. The second-order valence-corrected chi connectivity index (χ2v) is 3.95. The molecule has 0 bridgehead atoms. The van der Waals surface area contributed by atoms with Crippen LogP contribution < -0.4 is 5.32 Å². The minimum Gasteiger partial charge on any atom is -0.377 e. The van der Waals surface area contributed by atoms with Crippen LogP contribution in [0.15, 0.2) is 6.07 Å². The molecular weight excluding hydrogens is 226 g/mol. The van der Waals surface area contributed by atoms with E-state index < -0.39 is 0 Å². The van der Waals surface area contributed by atoms with E-state index in [1.165, 1.54) is 12.8 Å². The van der Waals surface area contributed by atoms with Crippen LogP contribution in [-0.2, 0) is 11.3 Å². The van der Waals surface area contributed by atoms with Gasteiger partial charge in [0.1, 0.15) is 17.6 Å². The number of anilines is 1. The number of ether oxygens (including phenoxy) is 1. The van der Waals surface area contributed by atoms with Gasteiger partial charge in [-0.15, -0.1) is 0 Å². The van der Waals surface area contributed by atoms with E-state index in [4.69, 9.17) is 16.3 Å². The van der Waals surface area contributed by atoms with Crippen LogP contribution in [-0.4, -0.2) is 23.6 Å². The Morgan fingerprint density at radius 2 is 2.19 bits per heavy atom. The molecule has 0 aliphatic heterocycles. The first kappa shape index (κ1) is 13.2. The van der Waals surface area contributed by atoms with Gasteiger partial charge in [-0.3, -0.25) is 0 Å². The van der Waals surface area contributed by atoms with Gasteiger partial charge in [0.05, 0.1) is 0 Å². The van der Waals surface area contributed by atoms with Gasteiger partial charge >= 0.3 is 0 Å². The zero-order valence-corrected chi connectivity index (χ0v) is 10.5. The van der Waals surface area contributed by atoms with Crippen molar-refractivity contribution >= 4 is 17.4 Å². The summed E-state index contributed by atoms with van der Waals surface area (Å²) in [5.74, 6) is 1.37. The van der Waals surface area contributed by atoms with E-state index >= 15 is 0 Å². The highest BCUT2D eigenvalue weighted by Gasteiger charge is 2.02. The van der Waals surface area contributed by atoms with Gasteiger partial charge in [0.15, 0.2) is 5.82 Å². The summed E-state index contributed by atoms with van der Waals surface area (Å²) < 4.78 is 4.97. The Labute approximate surface area is 101 Å². The van der Waals surface area contributed by atoms with Crippen LogP contribution in [0.1, 0.15) is 32.0 Å². The van der Waals surface area contributed by atoms with Crippen molar-refractivity contribution in [3.05, 3.63) is 17.0 Å². The van der Waals surface area contributed by atoms with E-state index in [1.807, 2.05) is 0 Å². The topological polar surface area (TPSA) is 47.0 Å². The maximum atomic E-state index is 5.88. The lowest BCUT2D eigenvalue weighted by Crippen LogP contribution is -2.06. The van der Waals surface area contributed by atoms with Crippen molar-refractivity contribution in [1.29, 1.82) is 0 Å². The zero-order chi connectivity index (χ0) is 11.8. The largest absolute Gasteiger partial charge is 0.377 e. The van der Waals surface area contributed by atoms with Gasteiger partial charge < -0.3 is 10.1 Å². The molecule has 0 atom stereocenters. The van der Waals surface area contributed by atoms with Crippen LogP contribution in [0, 0.1) is 0 Å². The minimum atomic E-state index is 0.379. The smallest absolute Gasteiger partial charge is 0.158 e. The molecule has 0 aliphatic carbocycles. The number of hydrogen-bond donors (Lipinski definition) is 1. The number of aromatic nitrogens is 2. The Kier molecular flexibility index (Phi) is 6.11. The van der Waals surface area contributed by atoms with Crippen LogP contribution in [0.4, 0.5) is 5.82 Å². The number of nitrogens with one attached hydrogen (secondary N) is 1. The first-order valence-corrected chi connectivity index (χ1v) is 5.90. The molecule has 0 spiro atoms. The third-order valence-corrected chi connectivity index (χ3v) is 2.29. The summed E-state index contributed by atoms with van der Waals surface area (Å²) in [6.45, 7) is 3.47. The fraction of sp³-hybridized carbons (Fsp3) is 0.636. The number of methoxy groups -OCH3 is 1. The van der Waals surface area contributed by atoms with Gasteiger partial charge in [-0.2, -0.15) is 0 Å². The highest BCUT2D eigenvalue weighted by Crippen LogP contribution is 2.12. The van der Waals surface area contributed by atoms with Crippen LogP contribution in [0.3, 0.4) is 0 Å². The number of nitrogens with zero attached hydrogens (tertiary/aromatic N) is 2. The van der Waals surface area contributed by atoms with E-state index in [9.17, 15) is 0 Å². The van der Waals surface area contributed by atoms with Gasteiger partial charge in [-0.1, -0.05) is 31.4 Å². The molecule has 1 aromatic heterocycles. The van der Waals surface area contributed by atoms with Gasteiger partial charge in [-0.05, 0) is 6.42 Å². The maximum absolute atomic E-state index is 5.88. The first-order chi connectivity index (χ1) is 7.76. The Hall–Kier alpha value is -0.870. The maximum Gasteiger partial charge on any atom is 0.158 e. The molecule has 0 amide bonds. The van der Waals surface area contributed by atoms with Gasteiger partial charge in [0, 0.05) is 19.7 Å². The average molecular weight is 244 g/mol. The molecule has 0 aromatic carbocycles. The SMILES string of the molecule is CCCCCNc1cc(Cl)nc(COC)n1. The summed E-state index contributed by atoms with van der Waals surface area (Å²) in [6.07, 6.45) is 3.57. The standard InChI is InChI=1S/C11H18ClN3O/c1-3-4-5-6-13-10-7-9(12)14-11(15-10)8-16-2/h7H,3-6,8H2,1-2H3,(H,13,14,15). The summed E-state index contributed by atoms with van der Waals surface area (Å²) in [7, 11) is 1.61. The number of unbranched alkanes of at least 4 members (excludes halogenated alkanes) is 2. The average Bonchev–Trinajstić information content (AvgIpc) is 2.24. The second kappa shape index (κ2) is 7.41. The predicted octanol–water partition coefficient (Wildman–Crippen LogP) is 2.88. The molecule has 0 radical (unpaired) electrons. The molecule has 16 heavy (non-hydrogen) atoms. The number of rotatable bonds is 7. The van der Waals surface area contributed by atoms with Crippen molar-refractivity contribution in [2.24, 2.45) is 0 Å². The third-order valence-electron chi connectivity index (χ3n) is 2.10. The van der Waals surface area contributed by atoms with Gasteiger partial charge in [0.2, 0.25) is 0 Å². The van der Waals surface area contributed by atoms with Gasteiger partial charge in [-0.25, -0.2) is 9.97 Å². The zero-order valence-electron chi connectivity index (χ0n) is 9.79. The monoisotopic (exact) mass is 243 g/mol. The summed E-state index contributed by atoms with van der Waals surface area (Å²) in [5.41, 5.74) is 0. The third kappa shape index (κ3) is 4.77. The fourth-order valence-corrected chi connectivity index (χ4v) is 1.54. The van der Waals surface area contributed by atoms with Gasteiger partial charge in [0.25, 0.3) is 0 Å². The van der Waals surface area contributed by atoms with E-state index in [2.05, 4.69) is 22.2 Å². The van der Waals surface area contributed by atoms with E-state index in [0.29, 0.717) is 17.6 Å². The number of hydrogen-bond acceptors (Lipinski definition) is 4. The lowest BCUT2D eigenvalue weighted by Gasteiger charge is -2.07. The molecular formula is C11H18ClN3O. The molecule has 1 N–H and O–H groups in total. The Morgan fingerprint density at radius 3 is 2.88 bits per heavy atom. The van der Waals surface area contributed by atoms with Crippen LogP contribution >= 0.6 is 11.6 Å². The van der Waals surface area contributed by atoms with Crippen molar-refractivity contribution in [2.45, 2.75) is 32.8 Å². The van der Waals surface area contributed by atoms with Crippen LogP contribution in [0.25, 0.3) is 0 Å². The Balaban J connectivity index is 2.51. The Bertz CT molecular complexity index is 320. The molecule has 4 nitrogen and oxygen atoms in total. The molecule has 90 valence electrons. The highest BCUT2D eigenvalue weighted by molar-refractivity contribution is 6.29. The molecule has 1 aromatic rings. The van der Waals surface area contributed by atoms with E-state index in [0.717, 1.165) is 18.8 Å². The van der Waals surface area contributed by atoms with Crippen molar-refractivity contribution in [3.63, 3.8) is 0 Å². The second-order valence-electron chi connectivity index (χ2n) is 3.56. The molecule has 5 heteroatoms. The highest BCUT2D eigenvalue weighted by atomic mass is 35.5. The first-order valence-electron chi connectivity index (χ1n) is 5.52. The normalized spacial score (nSPS) is 10.4. The molecule has 0 saturated carbocycles. The lowest BCUT2D eigenvalue weighted by molar-refractivity contribution is 0.178.